The van der Waals surface area contributed by atoms with Gasteiger partial charge in [0, 0.05) is 36.3 Å². The van der Waals surface area contributed by atoms with Crippen molar-refractivity contribution < 1.29 is 19.1 Å². The first-order valence-electron chi connectivity index (χ1n) is 10.0. The lowest BCUT2D eigenvalue weighted by Crippen LogP contribution is -2.25. The average molecular weight is 462 g/mol. The number of amides is 3. The van der Waals surface area contributed by atoms with Gasteiger partial charge in [0.1, 0.15) is 5.75 Å². The number of thiophene rings is 1. The largest absolute Gasteiger partial charge is 0.482 e. The first kappa shape index (κ1) is 20.6. The highest BCUT2D eigenvalue weighted by molar-refractivity contribution is 7.17. The van der Waals surface area contributed by atoms with E-state index in [4.69, 9.17) is 10.5 Å². The van der Waals surface area contributed by atoms with Crippen LogP contribution in [0.15, 0.2) is 48.8 Å². The van der Waals surface area contributed by atoms with Gasteiger partial charge in [-0.15, -0.1) is 11.3 Å². The first-order chi connectivity index (χ1) is 16.0. The molecule has 0 aliphatic carbocycles. The maximum atomic E-state index is 13.0. The predicted molar refractivity (Wildman–Crippen MR) is 123 cm³/mol. The van der Waals surface area contributed by atoms with Crippen molar-refractivity contribution in [2.45, 2.75) is 13.0 Å². The van der Waals surface area contributed by atoms with Crippen molar-refractivity contribution in [1.29, 1.82) is 0 Å². The Morgan fingerprint density at radius 2 is 2.03 bits per heavy atom. The number of carbonyl (C=O) groups is 3. The van der Waals surface area contributed by atoms with Crippen molar-refractivity contribution in [1.82, 2.24) is 14.5 Å². The Labute approximate surface area is 191 Å². The summed E-state index contributed by atoms with van der Waals surface area (Å²) in [5.41, 5.74) is 7.98. The molecule has 0 radical (unpaired) electrons. The molecular formula is C22H18N6O4S. The quantitative estimate of drug-likeness (QED) is 0.402. The molecule has 1 aliphatic heterocycles. The SMILES string of the molecule is NC(=O)CCn1c(NC(=O)c2ccc(-c3ccncc3)s2)nc2cc3c(cc21)OCC(=O)N3. The fraction of sp³-hybridized carbons (Fsp3) is 0.136. The van der Waals surface area contributed by atoms with E-state index in [1.165, 1.54) is 11.3 Å². The molecule has 4 heterocycles. The fourth-order valence-electron chi connectivity index (χ4n) is 3.54. The number of hydrogen-bond acceptors (Lipinski definition) is 7. The molecule has 5 rings (SSSR count). The summed E-state index contributed by atoms with van der Waals surface area (Å²) in [6, 6.07) is 10.8. The van der Waals surface area contributed by atoms with Crippen molar-refractivity contribution in [3.05, 3.63) is 53.7 Å². The third-order valence-corrected chi connectivity index (χ3v) is 6.22. The molecule has 0 fully saturated rings. The lowest BCUT2D eigenvalue weighted by molar-refractivity contribution is -0.119. The van der Waals surface area contributed by atoms with E-state index in [9.17, 15) is 14.4 Å². The summed E-state index contributed by atoms with van der Waals surface area (Å²) in [4.78, 5) is 46.0. The zero-order valence-corrected chi connectivity index (χ0v) is 18.0. The Balaban J connectivity index is 1.48. The molecule has 4 N–H and O–H groups in total. The zero-order valence-electron chi connectivity index (χ0n) is 17.2. The minimum absolute atomic E-state index is 0.0637. The molecule has 33 heavy (non-hydrogen) atoms. The van der Waals surface area contributed by atoms with Crippen molar-refractivity contribution in [3.63, 3.8) is 0 Å². The van der Waals surface area contributed by atoms with Crippen LogP contribution in [0, 0.1) is 0 Å². The number of nitrogens with two attached hydrogens (primary N) is 1. The lowest BCUT2D eigenvalue weighted by atomic mass is 10.2. The molecular weight excluding hydrogens is 444 g/mol. The number of hydrogen-bond donors (Lipinski definition) is 3. The van der Waals surface area contributed by atoms with Gasteiger partial charge in [-0.05, 0) is 35.9 Å². The number of nitrogens with zero attached hydrogens (tertiary/aromatic N) is 3. The highest BCUT2D eigenvalue weighted by atomic mass is 32.1. The molecule has 0 saturated heterocycles. The summed E-state index contributed by atoms with van der Waals surface area (Å²) in [7, 11) is 0. The Morgan fingerprint density at radius 3 is 2.82 bits per heavy atom. The van der Waals surface area contributed by atoms with E-state index in [2.05, 4.69) is 20.6 Å². The van der Waals surface area contributed by atoms with E-state index in [1.54, 1.807) is 35.2 Å². The fourth-order valence-corrected chi connectivity index (χ4v) is 4.44. The molecule has 10 nitrogen and oxygen atoms in total. The molecule has 0 atom stereocenters. The third kappa shape index (κ3) is 4.13. The van der Waals surface area contributed by atoms with Crippen molar-refractivity contribution >= 4 is 51.7 Å². The maximum absolute atomic E-state index is 13.0. The van der Waals surface area contributed by atoms with Gasteiger partial charge in [0.2, 0.25) is 11.9 Å². The average Bonchev–Trinajstić information content (AvgIpc) is 3.42. The van der Waals surface area contributed by atoms with E-state index in [1.807, 2.05) is 18.2 Å². The molecule has 0 spiro atoms. The number of fused-ring (bicyclic) bond motifs is 2. The second kappa shape index (κ2) is 8.36. The Kier molecular flexibility index (Phi) is 5.23. The number of benzene rings is 1. The van der Waals surface area contributed by atoms with Gasteiger partial charge in [-0.25, -0.2) is 4.98 Å². The minimum atomic E-state index is -0.476. The van der Waals surface area contributed by atoms with E-state index < -0.39 is 5.91 Å². The van der Waals surface area contributed by atoms with E-state index in [0.717, 1.165) is 10.4 Å². The molecule has 1 aliphatic rings. The summed E-state index contributed by atoms with van der Waals surface area (Å²) in [5, 5.41) is 5.57. The maximum Gasteiger partial charge on any atom is 0.268 e. The molecule has 1 aromatic carbocycles. The van der Waals surface area contributed by atoms with Gasteiger partial charge in [-0.2, -0.15) is 0 Å². The summed E-state index contributed by atoms with van der Waals surface area (Å²) >= 11 is 1.35. The second-order valence-electron chi connectivity index (χ2n) is 7.33. The van der Waals surface area contributed by atoms with Gasteiger partial charge in [-0.3, -0.25) is 24.7 Å². The summed E-state index contributed by atoms with van der Waals surface area (Å²) in [5.74, 6) is -0.309. The molecule has 0 bridgehead atoms. The van der Waals surface area contributed by atoms with Gasteiger partial charge in [0.25, 0.3) is 11.8 Å². The number of carbonyl (C=O) groups excluding carboxylic acids is 3. The molecule has 3 amide bonds. The van der Waals surface area contributed by atoms with Crippen molar-refractivity contribution in [3.8, 4) is 16.2 Å². The lowest BCUT2D eigenvalue weighted by Gasteiger charge is -2.18. The highest BCUT2D eigenvalue weighted by Crippen LogP contribution is 2.34. The number of pyridine rings is 1. The van der Waals surface area contributed by atoms with Crippen LogP contribution < -0.4 is 21.1 Å². The second-order valence-corrected chi connectivity index (χ2v) is 8.41. The van der Waals surface area contributed by atoms with Gasteiger partial charge >= 0.3 is 0 Å². The van der Waals surface area contributed by atoms with Crippen LogP contribution in [0.4, 0.5) is 11.6 Å². The third-order valence-electron chi connectivity index (χ3n) is 5.08. The van der Waals surface area contributed by atoms with Crippen molar-refractivity contribution in [2.24, 2.45) is 5.73 Å². The van der Waals surface area contributed by atoms with E-state index in [0.29, 0.717) is 27.3 Å². The van der Waals surface area contributed by atoms with Crippen LogP contribution in [0.25, 0.3) is 21.5 Å². The first-order valence-corrected chi connectivity index (χ1v) is 10.9. The van der Waals surface area contributed by atoms with Crippen LogP contribution >= 0.6 is 11.3 Å². The summed E-state index contributed by atoms with van der Waals surface area (Å²) in [6.07, 6.45) is 3.46. The van der Waals surface area contributed by atoms with Crippen LogP contribution in [0.5, 0.6) is 5.75 Å². The van der Waals surface area contributed by atoms with Gasteiger partial charge < -0.3 is 20.4 Å². The molecule has 166 valence electrons. The number of primary amides is 1. The number of aromatic nitrogens is 3. The van der Waals surface area contributed by atoms with Gasteiger partial charge in [0.05, 0.1) is 21.6 Å². The van der Waals surface area contributed by atoms with Gasteiger partial charge in [0.15, 0.2) is 6.61 Å². The predicted octanol–water partition coefficient (Wildman–Crippen LogP) is 2.62. The minimum Gasteiger partial charge on any atom is -0.482 e. The van der Waals surface area contributed by atoms with E-state index >= 15 is 0 Å². The number of rotatable bonds is 6. The topological polar surface area (TPSA) is 141 Å². The normalized spacial score (nSPS) is 12.7. The molecule has 3 aromatic heterocycles. The highest BCUT2D eigenvalue weighted by Gasteiger charge is 2.22. The van der Waals surface area contributed by atoms with Crippen molar-refractivity contribution in [2.75, 3.05) is 17.2 Å². The summed E-state index contributed by atoms with van der Waals surface area (Å²) in [6.45, 7) is 0.134. The number of ether oxygens (including phenoxy) is 1. The number of anilines is 2. The van der Waals surface area contributed by atoms with Crippen LogP contribution in [-0.4, -0.2) is 38.9 Å². The summed E-state index contributed by atoms with van der Waals surface area (Å²) < 4.78 is 7.20. The monoisotopic (exact) mass is 462 g/mol. The zero-order chi connectivity index (χ0) is 22.9. The Hall–Kier alpha value is -4.25. The Morgan fingerprint density at radius 1 is 1.21 bits per heavy atom. The molecule has 4 aromatic rings. The molecule has 0 saturated carbocycles. The number of imidazole rings is 1. The number of aryl methyl sites for hydroxylation is 1. The molecule has 11 heteroatoms. The smallest absolute Gasteiger partial charge is 0.268 e. The molecule has 0 unspecified atom stereocenters. The van der Waals surface area contributed by atoms with Crippen LogP contribution in [0.1, 0.15) is 16.1 Å². The number of nitrogens with one attached hydrogen (secondary N) is 2. The van der Waals surface area contributed by atoms with Gasteiger partial charge in [-0.1, -0.05) is 0 Å². The Bertz CT molecular complexity index is 1390. The van der Waals surface area contributed by atoms with E-state index in [-0.39, 0.29) is 37.3 Å². The standard InChI is InChI=1S/C22H18N6O4S/c23-19(29)5-8-28-15-10-16-14(25-20(30)11-32-16)9-13(15)26-22(28)27-21(31)18-2-1-17(33-18)12-3-6-24-7-4-12/h1-4,6-7,9-10H,5,8,11H2,(H2,23,29)(H,25,30)(H,26,27,31). The van der Waals surface area contributed by atoms with Crippen LogP contribution in [-0.2, 0) is 16.1 Å². The van der Waals surface area contributed by atoms with Crippen LogP contribution in [0.2, 0.25) is 0 Å². The van der Waals surface area contributed by atoms with Crippen LogP contribution in [0.3, 0.4) is 0 Å².